The summed E-state index contributed by atoms with van der Waals surface area (Å²) in [5, 5.41) is 0. The van der Waals surface area contributed by atoms with Crippen molar-refractivity contribution in [1.82, 2.24) is 4.90 Å². The van der Waals surface area contributed by atoms with E-state index in [-0.39, 0.29) is 0 Å². The van der Waals surface area contributed by atoms with Crippen molar-refractivity contribution in [3.63, 3.8) is 0 Å². The Hall–Kier alpha value is -0.560. The summed E-state index contributed by atoms with van der Waals surface area (Å²) >= 11 is 0. The third-order valence-corrected chi connectivity index (χ3v) is 1.64. The topological polar surface area (TPSA) is 3.24 Å². The Morgan fingerprint density at radius 1 is 1.45 bits per heavy atom. The van der Waals surface area contributed by atoms with Gasteiger partial charge in [0.1, 0.15) is 0 Å². The maximum Gasteiger partial charge on any atom is 0.00382 e. The SMILES string of the molecule is C=C/C=C\C(CC)CN(C)C. The van der Waals surface area contributed by atoms with E-state index in [0.717, 1.165) is 6.54 Å². The first-order valence-corrected chi connectivity index (χ1v) is 4.14. The van der Waals surface area contributed by atoms with Gasteiger partial charge in [0, 0.05) is 6.54 Å². The predicted molar refractivity (Wildman–Crippen MR) is 51.7 cm³/mol. The number of hydrogen-bond acceptors (Lipinski definition) is 1. The summed E-state index contributed by atoms with van der Waals surface area (Å²) in [6.07, 6.45) is 7.27. The predicted octanol–water partition coefficient (Wildman–Crippen LogP) is 2.32. The van der Waals surface area contributed by atoms with Crippen LogP contribution in [0.3, 0.4) is 0 Å². The Bertz CT molecular complexity index is 125. The van der Waals surface area contributed by atoms with Gasteiger partial charge in [0.15, 0.2) is 0 Å². The third-order valence-electron chi connectivity index (χ3n) is 1.64. The van der Waals surface area contributed by atoms with Gasteiger partial charge in [-0.2, -0.15) is 0 Å². The molecule has 64 valence electrons. The average molecular weight is 153 g/mol. The zero-order valence-electron chi connectivity index (χ0n) is 7.88. The molecule has 0 N–H and O–H groups in total. The van der Waals surface area contributed by atoms with Crippen molar-refractivity contribution in [2.24, 2.45) is 5.92 Å². The van der Waals surface area contributed by atoms with Crippen LogP contribution in [0.15, 0.2) is 24.8 Å². The van der Waals surface area contributed by atoms with Gasteiger partial charge in [0.05, 0.1) is 0 Å². The van der Waals surface area contributed by atoms with E-state index in [2.05, 4.69) is 38.6 Å². The monoisotopic (exact) mass is 153 g/mol. The number of hydrogen-bond donors (Lipinski definition) is 0. The lowest BCUT2D eigenvalue weighted by atomic mass is 10.1. The summed E-state index contributed by atoms with van der Waals surface area (Å²) in [4.78, 5) is 2.21. The second-order valence-corrected chi connectivity index (χ2v) is 3.05. The quantitative estimate of drug-likeness (QED) is 0.548. The summed E-state index contributed by atoms with van der Waals surface area (Å²) < 4.78 is 0. The molecule has 0 aliphatic rings. The van der Waals surface area contributed by atoms with Gasteiger partial charge in [-0.3, -0.25) is 0 Å². The molecule has 0 bridgehead atoms. The van der Waals surface area contributed by atoms with E-state index in [1.807, 2.05) is 12.2 Å². The number of rotatable bonds is 5. The first-order valence-electron chi connectivity index (χ1n) is 4.14. The highest BCUT2D eigenvalue weighted by Gasteiger charge is 2.01. The maximum atomic E-state index is 3.65. The van der Waals surface area contributed by atoms with Crippen LogP contribution in [0.2, 0.25) is 0 Å². The molecule has 0 amide bonds. The zero-order valence-corrected chi connectivity index (χ0v) is 7.88. The highest BCUT2D eigenvalue weighted by atomic mass is 15.1. The highest BCUT2D eigenvalue weighted by molar-refractivity contribution is 5.00. The van der Waals surface area contributed by atoms with Crippen LogP contribution >= 0.6 is 0 Å². The van der Waals surface area contributed by atoms with E-state index in [0.29, 0.717) is 5.92 Å². The van der Waals surface area contributed by atoms with E-state index in [1.54, 1.807) is 0 Å². The van der Waals surface area contributed by atoms with Crippen molar-refractivity contribution in [2.45, 2.75) is 13.3 Å². The lowest BCUT2D eigenvalue weighted by molar-refractivity contribution is 0.354. The summed E-state index contributed by atoms with van der Waals surface area (Å²) in [7, 11) is 4.20. The average Bonchev–Trinajstić information content (AvgIpc) is 1.97. The zero-order chi connectivity index (χ0) is 8.69. The Balaban J connectivity index is 3.75. The fourth-order valence-corrected chi connectivity index (χ4v) is 1.03. The van der Waals surface area contributed by atoms with E-state index < -0.39 is 0 Å². The molecule has 0 radical (unpaired) electrons. The van der Waals surface area contributed by atoms with Crippen molar-refractivity contribution in [2.75, 3.05) is 20.6 Å². The van der Waals surface area contributed by atoms with Gasteiger partial charge in [-0.25, -0.2) is 0 Å². The van der Waals surface area contributed by atoms with Crippen LogP contribution in [-0.4, -0.2) is 25.5 Å². The summed E-state index contributed by atoms with van der Waals surface area (Å²) in [5.41, 5.74) is 0. The summed E-state index contributed by atoms with van der Waals surface area (Å²) in [6, 6.07) is 0. The van der Waals surface area contributed by atoms with Crippen LogP contribution in [-0.2, 0) is 0 Å². The standard InChI is InChI=1S/C10H19N/c1-5-7-8-10(6-2)9-11(3)4/h5,7-8,10H,1,6,9H2,2-4H3/b8-7-. The van der Waals surface area contributed by atoms with Gasteiger partial charge < -0.3 is 4.90 Å². The number of allylic oxidation sites excluding steroid dienone is 2. The van der Waals surface area contributed by atoms with Crippen molar-refractivity contribution in [1.29, 1.82) is 0 Å². The van der Waals surface area contributed by atoms with E-state index in [9.17, 15) is 0 Å². The molecule has 0 aliphatic carbocycles. The molecule has 0 aromatic rings. The normalized spacial score (nSPS) is 14.2. The van der Waals surface area contributed by atoms with E-state index >= 15 is 0 Å². The van der Waals surface area contributed by atoms with Gasteiger partial charge in [-0.05, 0) is 26.4 Å². The summed E-state index contributed by atoms with van der Waals surface area (Å²) in [6.45, 7) is 6.98. The van der Waals surface area contributed by atoms with Crippen molar-refractivity contribution >= 4 is 0 Å². The van der Waals surface area contributed by atoms with Crippen molar-refractivity contribution in [3.8, 4) is 0 Å². The molecule has 0 spiro atoms. The van der Waals surface area contributed by atoms with Crippen LogP contribution in [0.1, 0.15) is 13.3 Å². The molecule has 0 saturated heterocycles. The number of nitrogens with zero attached hydrogens (tertiary/aromatic N) is 1. The minimum absolute atomic E-state index is 0.669. The first kappa shape index (κ1) is 10.4. The molecule has 0 aromatic carbocycles. The minimum atomic E-state index is 0.669. The molecule has 1 unspecified atom stereocenters. The van der Waals surface area contributed by atoms with Crippen LogP contribution in [0.4, 0.5) is 0 Å². The van der Waals surface area contributed by atoms with E-state index in [4.69, 9.17) is 0 Å². The van der Waals surface area contributed by atoms with E-state index in [1.165, 1.54) is 6.42 Å². The van der Waals surface area contributed by atoms with Crippen molar-refractivity contribution < 1.29 is 0 Å². The smallest absolute Gasteiger partial charge is 0.00382 e. The minimum Gasteiger partial charge on any atom is -0.309 e. The molecule has 0 aliphatic heterocycles. The van der Waals surface area contributed by atoms with Crippen LogP contribution in [0.25, 0.3) is 0 Å². The van der Waals surface area contributed by atoms with Crippen LogP contribution in [0, 0.1) is 5.92 Å². The Morgan fingerprint density at radius 3 is 2.45 bits per heavy atom. The fraction of sp³-hybridized carbons (Fsp3) is 0.600. The molecule has 1 heteroatoms. The molecule has 0 saturated carbocycles. The molecule has 1 nitrogen and oxygen atoms in total. The lowest BCUT2D eigenvalue weighted by Crippen LogP contribution is -2.19. The largest absolute Gasteiger partial charge is 0.309 e. The Kier molecular flexibility index (Phi) is 5.86. The van der Waals surface area contributed by atoms with Crippen LogP contribution in [0.5, 0.6) is 0 Å². The molecule has 11 heavy (non-hydrogen) atoms. The van der Waals surface area contributed by atoms with Gasteiger partial charge in [-0.15, -0.1) is 0 Å². The molecular weight excluding hydrogens is 134 g/mol. The first-order chi connectivity index (χ1) is 5.20. The fourth-order valence-electron chi connectivity index (χ4n) is 1.03. The highest BCUT2D eigenvalue weighted by Crippen LogP contribution is 2.05. The Labute approximate surface area is 70.4 Å². The van der Waals surface area contributed by atoms with Crippen LogP contribution < -0.4 is 0 Å². The van der Waals surface area contributed by atoms with Crippen molar-refractivity contribution in [3.05, 3.63) is 24.8 Å². The summed E-state index contributed by atoms with van der Waals surface area (Å²) in [5.74, 6) is 0.669. The molecular formula is C10H19N. The maximum absolute atomic E-state index is 3.65. The van der Waals surface area contributed by atoms with Gasteiger partial charge >= 0.3 is 0 Å². The van der Waals surface area contributed by atoms with Gasteiger partial charge in [0.2, 0.25) is 0 Å². The van der Waals surface area contributed by atoms with Gasteiger partial charge in [-0.1, -0.05) is 31.7 Å². The third kappa shape index (κ3) is 5.86. The molecule has 0 fully saturated rings. The molecule has 0 heterocycles. The molecule has 0 aromatic heterocycles. The molecule has 0 rings (SSSR count). The van der Waals surface area contributed by atoms with Gasteiger partial charge in [0.25, 0.3) is 0 Å². The molecule has 1 atom stereocenters. The second kappa shape index (κ2) is 6.17. The lowest BCUT2D eigenvalue weighted by Gasteiger charge is -2.15. The second-order valence-electron chi connectivity index (χ2n) is 3.05. The Morgan fingerprint density at radius 2 is 2.09 bits per heavy atom.